The third kappa shape index (κ3) is 13.5. The molecule has 1 aliphatic carbocycles. The average Bonchev–Trinajstić information content (AvgIpc) is 2.42. The molecule has 1 aromatic rings. The number of hydrogen-bond acceptors (Lipinski definition) is 0. The van der Waals surface area contributed by atoms with E-state index < -0.39 is 0 Å². The predicted octanol–water partition coefficient (Wildman–Crippen LogP) is 6.89. The largest absolute Gasteiger partial charge is 0.0683 e. The number of aryl methyl sites for hydroxylation is 1. The first-order valence-electron chi connectivity index (χ1n) is 8.32. The predicted molar refractivity (Wildman–Crippen MR) is 90.8 cm³/mol. The van der Waals surface area contributed by atoms with E-state index in [-0.39, 0.29) is 0 Å². The van der Waals surface area contributed by atoms with Crippen molar-refractivity contribution < 1.29 is 0 Å². The van der Waals surface area contributed by atoms with Gasteiger partial charge in [-0.15, -0.1) is 0 Å². The molecule has 0 amide bonds. The molecule has 0 unspecified atom stereocenters. The van der Waals surface area contributed by atoms with E-state index in [1.807, 2.05) is 19.9 Å². The van der Waals surface area contributed by atoms with Crippen LogP contribution in [-0.4, -0.2) is 0 Å². The minimum atomic E-state index is 1.12. The van der Waals surface area contributed by atoms with Gasteiger partial charge < -0.3 is 0 Å². The molecule has 19 heavy (non-hydrogen) atoms. The van der Waals surface area contributed by atoms with E-state index in [1.165, 1.54) is 37.7 Å². The van der Waals surface area contributed by atoms with Crippen LogP contribution in [0.15, 0.2) is 30.3 Å². The topological polar surface area (TPSA) is 0 Å². The second kappa shape index (κ2) is 17.2. The molecule has 1 aliphatic rings. The van der Waals surface area contributed by atoms with E-state index in [0.717, 1.165) is 12.3 Å². The summed E-state index contributed by atoms with van der Waals surface area (Å²) in [6.45, 7) is 12.7. The van der Waals surface area contributed by atoms with E-state index in [0.29, 0.717) is 0 Å². The molecule has 0 saturated heterocycles. The van der Waals surface area contributed by atoms with Gasteiger partial charge in [0, 0.05) is 0 Å². The van der Waals surface area contributed by atoms with Crippen LogP contribution >= 0.6 is 0 Å². The molecule has 1 aromatic carbocycles. The Bertz CT molecular complexity index is 231. The van der Waals surface area contributed by atoms with Gasteiger partial charge in [-0.05, 0) is 17.9 Å². The van der Waals surface area contributed by atoms with E-state index in [2.05, 4.69) is 52.0 Å². The Hall–Kier alpha value is -0.780. The van der Waals surface area contributed by atoms with Gasteiger partial charge in [-0.2, -0.15) is 0 Å². The lowest BCUT2D eigenvalue weighted by Crippen LogP contribution is -2.08. The molecule has 0 atom stereocenters. The molecule has 1 fully saturated rings. The van der Waals surface area contributed by atoms with Crippen molar-refractivity contribution in [1.82, 2.24) is 0 Å². The van der Waals surface area contributed by atoms with Crippen molar-refractivity contribution in [3.05, 3.63) is 35.9 Å². The second-order valence-corrected chi connectivity index (χ2v) is 4.75. The molecule has 0 bridgehead atoms. The molecule has 0 aliphatic heterocycles. The highest BCUT2D eigenvalue weighted by Crippen LogP contribution is 2.28. The van der Waals surface area contributed by atoms with Gasteiger partial charge in [0.25, 0.3) is 0 Å². The Kier molecular flexibility index (Phi) is 18.6. The van der Waals surface area contributed by atoms with E-state index >= 15 is 0 Å². The molecule has 0 spiro atoms. The van der Waals surface area contributed by atoms with Crippen molar-refractivity contribution in [2.75, 3.05) is 0 Å². The third-order valence-electron chi connectivity index (χ3n) is 3.05. The Morgan fingerprint density at radius 3 is 1.53 bits per heavy atom. The Morgan fingerprint density at radius 2 is 1.37 bits per heavy atom. The fraction of sp³-hybridized carbons (Fsp3) is 0.684. The number of benzene rings is 1. The van der Waals surface area contributed by atoms with Crippen molar-refractivity contribution in [2.45, 2.75) is 80.1 Å². The van der Waals surface area contributed by atoms with Crippen LogP contribution < -0.4 is 0 Å². The first-order valence-corrected chi connectivity index (χ1v) is 8.32. The van der Waals surface area contributed by atoms with Crippen molar-refractivity contribution >= 4 is 0 Å². The minimum Gasteiger partial charge on any atom is -0.0683 e. The maximum absolute atomic E-state index is 2.28. The summed E-state index contributed by atoms with van der Waals surface area (Å²) >= 11 is 0. The molecule has 2 rings (SSSR count). The van der Waals surface area contributed by atoms with Gasteiger partial charge in [0.2, 0.25) is 0 Å². The third-order valence-corrected chi connectivity index (χ3v) is 3.05. The lowest BCUT2D eigenvalue weighted by Gasteiger charge is -2.22. The molecular formula is C19H36. The van der Waals surface area contributed by atoms with E-state index in [1.54, 1.807) is 0 Å². The van der Waals surface area contributed by atoms with E-state index in [9.17, 15) is 0 Å². The van der Waals surface area contributed by atoms with E-state index in [4.69, 9.17) is 0 Å². The summed E-state index contributed by atoms with van der Waals surface area (Å²) < 4.78 is 0. The van der Waals surface area contributed by atoms with Gasteiger partial charge in [0.15, 0.2) is 0 Å². The van der Waals surface area contributed by atoms with Crippen LogP contribution in [0.2, 0.25) is 0 Å². The molecule has 0 radical (unpaired) electrons. The van der Waals surface area contributed by atoms with Crippen LogP contribution in [0.25, 0.3) is 0 Å². The lowest BCUT2D eigenvalue weighted by molar-refractivity contribution is 0.307. The highest BCUT2D eigenvalue weighted by Gasteiger charge is 2.13. The molecule has 1 saturated carbocycles. The second-order valence-electron chi connectivity index (χ2n) is 4.75. The fourth-order valence-electron chi connectivity index (χ4n) is 1.61. The van der Waals surface area contributed by atoms with Crippen LogP contribution in [0.4, 0.5) is 0 Å². The molecule has 0 N–H and O–H groups in total. The highest BCUT2D eigenvalue weighted by atomic mass is 14.2. The Labute approximate surface area is 122 Å². The molecule has 112 valence electrons. The zero-order valence-corrected chi connectivity index (χ0v) is 14.2. The van der Waals surface area contributed by atoms with Crippen LogP contribution in [0.5, 0.6) is 0 Å². The van der Waals surface area contributed by atoms with Crippen molar-refractivity contribution in [3.8, 4) is 0 Å². The molecule has 0 heteroatoms. The van der Waals surface area contributed by atoms with Gasteiger partial charge >= 0.3 is 0 Å². The molecule has 0 nitrogen and oxygen atoms in total. The van der Waals surface area contributed by atoms with Crippen LogP contribution in [0.1, 0.15) is 79.2 Å². The summed E-state index contributed by atoms with van der Waals surface area (Å²) in [4.78, 5) is 0. The zero-order valence-electron chi connectivity index (χ0n) is 14.2. The van der Waals surface area contributed by atoms with Gasteiger partial charge in [0.05, 0.1) is 0 Å². The summed E-state index contributed by atoms with van der Waals surface area (Å²) in [6, 6.07) is 10.5. The maximum atomic E-state index is 2.28. The monoisotopic (exact) mass is 264 g/mol. The first-order chi connectivity index (χ1) is 9.28. The normalized spacial score (nSPS) is 12.5. The van der Waals surface area contributed by atoms with Gasteiger partial charge in [-0.25, -0.2) is 0 Å². The maximum Gasteiger partial charge on any atom is -0.0307 e. The summed E-state index contributed by atoms with van der Waals surface area (Å²) in [5, 5.41) is 0. The van der Waals surface area contributed by atoms with Gasteiger partial charge in [-0.1, -0.05) is 104 Å². The SMILES string of the molecule is CC.CCC.CCC1CCC1.CCc1ccccc1. The van der Waals surface area contributed by atoms with Crippen molar-refractivity contribution in [3.63, 3.8) is 0 Å². The Balaban J connectivity index is 0. The highest BCUT2D eigenvalue weighted by molar-refractivity contribution is 5.13. The average molecular weight is 264 g/mol. The fourth-order valence-corrected chi connectivity index (χ4v) is 1.61. The smallest absolute Gasteiger partial charge is 0.0307 e. The van der Waals surface area contributed by atoms with Crippen molar-refractivity contribution in [2.24, 2.45) is 5.92 Å². The quantitative estimate of drug-likeness (QED) is 0.545. The van der Waals surface area contributed by atoms with Gasteiger partial charge in [0.1, 0.15) is 0 Å². The number of rotatable bonds is 2. The number of hydrogen-bond donors (Lipinski definition) is 0. The Morgan fingerprint density at radius 1 is 0.895 bits per heavy atom. The molecule has 0 aromatic heterocycles. The summed E-state index contributed by atoms with van der Waals surface area (Å²) in [6.07, 6.45) is 8.33. The van der Waals surface area contributed by atoms with Crippen LogP contribution in [-0.2, 0) is 6.42 Å². The zero-order chi connectivity index (χ0) is 14.9. The summed E-state index contributed by atoms with van der Waals surface area (Å²) in [5.41, 5.74) is 1.41. The molecule has 0 heterocycles. The first kappa shape index (κ1) is 20.5. The lowest BCUT2D eigenvalue weighted by atomic mass is 9.84. The standard InChI is InChI=1S/C8H10.C6H12.C3H8.C2H6/c1-2-8-6-4-3-5-7-8;1-2-6-4-3-5-6;1-3-2;1-2/h3-7H,2H2,1H3;6H,2-5H2,1H3;3H2,1-2H3;1-2H3. The van der Waals surface area contributed by atoms with Crippen molar-refractivity contribution in [1.29, 1.82) is 0 Å². The summed E-state index contributed by atoms with van der Waals surface area (Å²) in [5.74, 6) is 1.12. The van der Waals surface area contributed by atoms with Gasteiger partial charge in [-0.3, -0.25) is 0 Å². The molecular weight excluding hydrogens is 228 g/mol. The summed E-state index contributed by atoms with van der Waals surface area (Å²) in [7, 11) is 0. The van der Waals surface area contributed by atoms with Crippen LogP contribution in [0, 0.1) is 5.92 Å². The van der Waals surface area contributed by atoms with Crippen LogP contribution in [0.3, 0.4) is 0 Å². The minimum absolute atomic E-state index is 1.12.